The molecule has 4 rings (SSSR count). The lowest BCUT2D eigenvalue weighted by Crippen LogP contribution is -2.39. The van der Waals surface area contributed by atoms with Crippen molar-refractivity contribution >= 4 is 21.6 Å². The number of aryl methyl sites for hydroxylation is 1. The fourth-order valence-corrected chi connectivity index (χ4v) is 5.17. The molecule has 9 heteroatoms. The first-order valence-corrected chi connectivity index (χ1v) is 11.6. The molecule has 1 N–H and O–H groups in total. The SMILES string of the molecule is CC(=O)Nc1ccc(S(=O)(=O)N2CCC[C@H](c3nc(-c4ccc(C)cc4)no3)C2)cc1. The zero-order valence-corrected chi connectivity index (χ0v) is 18.2. The molecule has 2 aromatic carbocycles. The summed E-state index contributed by atoms with van der Waals surface area (Å²) in [7, 11) is -3.67. The van der Waals surface area contributed by atoms with Crippen molar-refractivity contribution in [3.63, 3.8) is 0 Å². The van der Waals surface area contributed by atoms with Crippen LogP contribution in [0.4, 0.5) is 5.69 Å². The van der Waals surface area contributed by atoms with Gasteiger partial charge in [-0.05, 0) is 44.0 Å². The van der Waals surface area contributed by atoms with Crippen LogP contribution in [0.5, 0.6) is 0 Å². The maximum absolute atomic E-state index is 13.1. The number of amides is 1. The maximum Gasteiger partial charge on any atom is 0.243 e. The molecule has 0 bridgehead atoms. The number of aromatic nitrogens is 2. The van der Waals surface area contributed by atoms with Gasteiger partial charge in [-0.2, -0.15) is 9.29 Å². The number of carbonyl (C=O) groups is 1. The molecule has 162 valence electrons. The van der Waals surface area contributed by atoms with Gasteiger partial charge in [-0.25, -0.2) is 8.42 Å². The van der Waals surface area contributed by atoms with Crippen molar-refractivity contribution in [1.82, 2.24) is 14.4 Å². The van der Waals surface area contributed by atoms with Crippen LogP contribution in [-0.2, 0) is 14.8 Å². The zero-order valence-electron chi connectivity index (χ0n) is 17.4. The summed E-state index contributed by atoms with van der Waals surface area (Å²) in [6.07, 6.45) is 1.49. The van der Waals surface area contributed by atoms with E-state index in [0.717, 1.165) is 17.5 Å². The van der Waals surface area contributed by atoms with Crippen molar-refractivity contribution < 1.29 is 17.7 Å². The highest BCUT2D eigenvalue weighted by molar-refractivity contribution is 7.89. The van der Waals surface area contributed by atoms with E-state index in [1.807, 2.05) is 31.2 Å². The number of sulfonamides is 1. The average Bonchev–Trinajstić information content (AvgIpc) is 3.25. The van der Waals surface area contributed by atoms with Gasteiger partial charge in [-0.15, -0.1) is 0 Å². The molecule has 0 aliphatic carbocycles. The number of rotatable bonds is 5. The van der Waals surface area contributed by atoms with Gasteiger partial charge in [0.05, 0.1) is 10.8 Å². The van der Waals surface area contributed by atoms with Crippen molar-refractivity contribution in [3.8, 4) is 11.4 Å². The molecule has 2 heterocycles. The van der Waals surface area contributed by atoms with Crippen LogP contribution in [0.3, 0.4) is 0 Å². The van der Waals surface area contributed by atoms with Crippen LogP contribution in [0.15, 0.2) is 57.9 Å². The van der Waals surface area contributed by atoms with E-state index < -0.39 is 10.0 Å². The molecule has 1 amide bonds. The minimum atomic E-state index is -3.67. The number of hydrogen-bond donors (Lipinski definition) is 1. The molecule has 0 spiro atoms. The molecule has 1 fully saturated rings. The van der Waals surface area contributed by atoms with Crippen molar-refractivity contribution in [1.29, 1.82) is 0 Å². The molecule has 1 aliphatic rings. The lowest BCUT2D eigenvalue weighted by molar-refractivity contribution is -0.114. The summed E-state index contributed by atoms with van der Waals surface area (Å²) < 4.78 is 33.2. The van der Waals surface area contributed by atoms with Gasteiger partial charge in [0, 0.05) is 31.3 Å². The molecular weight excluding hydrogens is 416 g/mol. The third kappa shape index (κ3) is 4.67. The second-order valence-electron chi connectivity index (χ2n) is 7.73. The molecule has 0 radical (unpaired) electrons. The summed E-state index contributed by atoms with van der Waals surface area (Å²) in [6, 6.07) is 14.0. The van der Waals surface area contributed by atoms with E-state index in [9.17, 15) is 13.2 Å². The number of nitrogens with one attached hydrogen (secondary N) is 1. The van der Waals surface area contributed by atoms with E-state index in [1.165, 1.54) is 23.4 Å². The topological polar surface area (TPSA) is 105 Å². The summed E-state index contributed by atoms with van der Waals surface area (Å²) in [5.41, 5.74) is 2.56. The zero-order chi connectivity index (χ0) is 22.0. The van der Waals surface area contributed by atoms with E-state index in [0.29, 0.717) is 30.4 Å². The number of anilines is 1. The highest BCUT2D eigenvalue weighted by atomic mass is 32.2. The summed E-state index contributed by atoms with van der Waals surface area (Å²) in [4.78, 5) is 15.9. The van der Waals surface area contributed by atoms with Crippen LogP contribution >= 0.6 is 0 Å². The molecule has 31 heavy (non-hydrogen) atoms. The minimum Gasteiger partial charge on any atom is -0.339 e. The largest absolute Gasteiger partial charge is 0.339 e. The van der Waals surface area contributed by atoms with Crippen molar-refractivity contribution in [3.05, 3.63) is 60.0 Å². The first-order valence-electron chi connectivity index (χ1n) is 10.1. The lowest BCUT2D eigenvalue weighted by Gasteiger charge is -2.30. The van der Waals surface area contributed by atoms with Crippen molar-refractivity contribution in [2.75, 3.05) is 18.4 Å². The lowest BCUT2D eigenvalue weighted by atomic mass is 10.00. The fourth-order valence-electron chi connectivity index (χ4n) is 3.65. The van der Waals surface area contributed by atoms with E-state index in [1.54, 1.807) is 12.1 Å². The van der Waals surface area contributed by atoms with Crippen molar-refractivity contribution in [2.24, 2.45) is 0 Å². The van der Waals surface area contributed by atoms with Crippen LogP contribution < -0.4 is 5.32 Å². The molecule has 0 saturated carbocycles. The van der Waals surface area contributed by atoms with E-state index in [-0.39, 0.29) is 23.3 Å². The van der Waals surface area contributed by atoms with Gasteiger partial charge in [0.2, 0.25) is 27.6 Å². The number of piperidine rings is 1. The Balaban J connectivity index is 1.50. The molecular formula is C22H24N4O4S. The first-order chi connectivity index (χ1) is 14.8. The highest BCUT2D eigenvalue weighted by Crippen LogP contribution is 2.31. The van der Waals surface area contributed by atoms with Gasteiger partial charge in [0.15, 0.2) is 0 Å². The average molecular weight is 441 g/mol. The third-order valence-electron chi connectivity index (χ3n) is 5.30. The number of nitrogens with zero attached hydrogens (tertiary/aromatic N) is 3. The Morgan fingerprint density at radius 1 is 1.13 bits per heavy atom. The molecule has 1 aliphatic heterocycles. The van der Waals surface area contributed by atoms with Gasteiger partial charge < -0.3 is 9.84 Å². The van der Waals surface area contributed by atoms with Gasteiger partial charge in [-0.1, -0.05) is 35.0 Å². The van der Waals surface area contributed by atoms with Crippen LogP contribution in [0.25, 0.3) is 11.4 Å². The van der Waals surface area contributed by atoms with Gasteiger partial charge in [0.25, 0.3) is 0 Å². The summed E-state index contributed by atoms with van der Waals surface area (Å²) in [5, 5.41) is 6.72. The van der Waals surface area contributed by atoms with Gasteiger partial charge in [0.1, 0.15) is 0 Å². The van der Waals surface area contributed by atoms with E-state index >= 15 is 0 Å². The van der Waals surface area contributed by atoms with E-state index in [4.69, 9.17) is 4.52 Å². The third-order valence-corrected chi connectivity index (χ3v) is 7.18. The first kappa shape index (κ1) is 21.2. The summed E-state index contributed by atoms with van der Waals surface area (Å²) in [5.74, 6) is 0.591. The van der Waals surface area contributed by atoms with Crippen LogP contribution in [0.2, 0.25) is 0 Å². The Morgan fingerprint density at radius 3 is 2.52 bits per heavy atom. The second-order valence-corrected chi connectivity index (χ2v) is 9.67. The monoisotopic (exact) mass is 440 g/mol. The van der Waals surface area contributed by atoms with Crippen LogP contribution in [0, 0.1) is 6.92 Å². The summed E-state index contributed by atoms with van der Waals surface area (Å²) >= 11 is 0. The second kappa shape index (κ2) is 8.60. The Labute approximate surface area is 181 Å². The Bertz CT molecular complexity index is 1170. The standard InChI is InChI=1S/C22H24N4O4S/c1-15-5-7-17(8-6-15)21-24-22(30-25-21)18-4-3-13-26(14-18)31(28,29)20-11-9-19(10-12-20)23-16(2)27/h5-12,18H,3-4,13-14H2,1-2H3,(H,23,27)/t18-/m0/s1. The summed E-state index contributed by atoms with van der Waals surface area (Å²) in [6.45, 7) is 4.13. The normalized spacial score (nSPS) is 17.4. The quantitative estimate of drug-likeness (QED) is 0.650. The fraction of sp³-hybridized carbons (Fsp3) is 0.318. The Kier molecular flexibility index (Phi) is 5.88. The van der Waals surface area contributed by atoms with E-state index in [2.05, 4.69) is 15.5 Å². The van der Waals surface area contributed by atoms with Crippen LogP contribution in [0.1, 0.15) is 37.1 Å². The number of hydrogen-bond acceptors (Lipinski definition) is 6. The molecule has 1 atom stereocenters. The molecule has 1 aromatic heterocycles. The maximum atomic E-state index is 13.1. The van der Waals surface area contributed by atoms with Gasteiger partial charge >= 0.3 is 0 Å². The Hall–Kier alpha value is -3.04. The number of carbonyl (C=O) groups excluding carboxylic acids is 1. The smallest absolute Gasteiger partial charge is 0.243 e. The molecule has 3 aromatic rings. The molecule has 1 saturated heterocycles. The predicted molar refractivity (Wildman–Crippen MR) is 116 cm³/mol. The minimum absolute atomic E-state index is 0.158. The van der Waals surface area contributed by atoms with Crippen molar-refractivity contribution in [2.45, 2.75) is 37.5 Å². The highest BCUT2D eigenvalue weighted by Gasteiger charge is 2.33. The molecule has 8 nitrogen and oxygen atoms in total. The van der Waals surface area contributed by atoms with Gasteiger partial charge in [-0.3, -0.25) is 4.79 Å². The predicted octanol–water partition coefficient (Wildman–Crippen LogP) is 3.57. The Morgan fingerprint density at radius 2 is 1.84 bits per heavy atom. The number of benzene rings is 2. The van der Waals surface area contributed by atoms with Crippen LogP contribution in [-0.4, -0.2) is 41.9 Å². The molecule has 0 unspecified atom stereocenters.